The molecule has 0 fully saturated rings. The van der Waals surface area contributed by atoms with Gasteiger partial charge in [-0.1, -0.05) is 42.6 Å². The zero-order valence-electron chi connectivity index (χ0n) is 11.8. The van der Waals surface area contributed by atoms with E-state index in [2.05, 4.69) is 30.0 Å². The Bertz CT molecular complexity index is 773. The van der Waals surface area contributed by atoms with Crippen LogP contribution in [-0.2, 0) is 0 Å². The SMILES string of the molecule is C#CCN=C(N)N1CC(C)c2c1ccc1c(Cl)cccc21. The number of nitrogens with two attached hydrogens (primary N) is 1. The zero-order chi connectivity index (χ0) is 15.0. The number of hydrogen-bond donors (Lipinski definition) is 1. The van der Waals surface area contributed by atoms with Gasteiger partial charge in [-0.3, -0.25) is 0 Å². The molecule has 0 saturated heterocycles. The van der Waals surface area contributed by atoms with Crippen LogP contribution < -0.4 is 10.6 Å². The Labute approximate surface area is 129 Å². The summed E-state index contributed by atoms with van der Waals surface area (Å²) < 4.78 is 0. The lowest BCUT2D eigenvalue weighted by Gasteiger charge is -2.18. The first-order chi connectivity index (χ1) is 10.1. The van der Waals surface area contributed by atoms with Crippen molar-refractivity contribution in [1.82, 2.24) is 0 Å². The van der Waals surface area contributed by atoms with E-state index in [1.165, 1.54) is 10.9 Å². The first-order valence-corrected chi connectivity index (χ1v) is 7.23. The molecule has 0 saturated carbocycles. The Morgan fingerprint density at radius 3 is 3.00 bits per heavy atom. The van der Waals surface area contributed by atoms with E-state index < -0.39 is 0 Å². The third-order valence-electron chi connectivity index (χ3n) is 3.88. The minimum absolute atomic E-state index is 0.297. The molecule has 2 N–H and O–H groups in total. The molecule has 2 aromatic rings. The average Bonchev–Trinajstić information content (AvgIpc) is 2.83. The summed E-state index contributed by atoms with van der Waals surface area (Å²) in [6.45, 7) is 3.29. The first-order valence-electron chi connectivity index (χ1n) is 6.85. The van der Waals surface area contributed by atoms with Gasteiger partial charge in [0.25, 0.3) is 0 Å². The van der Waals surface area contributed by atoms with Crippen molar-refractivity contribution in [3.63, 3.8) is 0 Å². The van der Waals surface area contributed by atoms with Gasteiger partial charge in [0.2, 0.25) is 0 Å². The van der Waals surface area contributed by atoms with Crippen molar-refractivity contribution < 1.29 is 0 Å². The molecular formula is C17H16ClN3. The van der Waals surface area contributed by atoms with Gasteiger partial charge in [0.15, 0.2) is 5.96 Å². The number of guanidine groups is 1. The van der Waals surface area contributed by atoms with Crippen LogP contribution in [0.15, 0.2) is 35.3 Å². The highest BCUT2D eigenvalue weighted by molar-refractivity contribution is 6.35. The van der Waals surface area contributed by atoms with Crippen molar-refractivity contribution in [1.29, 1.82) is 0 Å². The van der Waals surface area contributed by atoms with Crippen LogP contribution >= 0.6 is 11.6 Å². The first kappa shape index (κ1) is 13.8. The van der Waals surface area contributed by atoms with Crippen molar-refractivity contribution in [2.24, 2.45) is 10.7 Å². The summed E-state index contributed by atoms with van der Waals surface area (Å²) in [6, 6.07) is 10.1. The lowest BCUT2D eigenvalue weighted by Crippen LogP contribution is -2.36. The molecule has 1 aliphatic rings. The Morgan fingerprint density at radius 2 is 2.24 bits per heavy atom. The van der Waals surface area contributed by atoms with Crippen LogP contribution in [0.5, 0.6) is 0 Å². The summed E-state index contributed by atoms with van der Waals surface area (Å²) in [5.41, 5.74) is 8.44. The molecule has 21 heavy (non-hydrogen) atoms. The standard InChI is InChI=1S/C17H16ClN3/c1-3-9-20-17(19)21-10-11(2)16-13-5-4-6-14(18)12(13)7-8-15(16)21/h1,4-8,11H,9-10H2,2H3,(H2,19,20). The van der Waals surface area contributed by atoms with E-state index in [0.717, 1.165) is 22.6 Å². The minimum Gasteiger partial charge on any atom is -0.369 e. The summed E-state index contributed by atoms with van der Waals surface area (Å²) in [5.74, 6) is 3.32. The maximum atomic E-state index is 6.29. The number of benzene rings is 2. The molecular weight excluding hydrogens is 282 g/mol. The molecule has 1 unspecified atom stereocenters. The fourth-order valence-electron chi connectivity index (χ4n) is 2.98. The molecule has 1 aliphatic heterocycles. The van der Waals surface area contributed by atoms with Crippen molar-refractivity contribution in [3.05, 3.63) is 40.9 Å². The molecule has 0 aliphatic carbocycles. The summed E-state index contributed by atoms with van der Waals surface area (Å²) >= 11 is 6.29. The highest BCUT2D eigenvalue weighted by atomic mass is 35.5. The van der Waals surface area contributed by atoms with Crippen LogP contribution in [0.4, 0.5) is 5.69 Å². The number of hydrogen-bond acceptors (Lipinski definition) is 1. The van der Waals surface area contributed by atoms with E-state index in [9.17, 15) is 0 Å². The lowest BCUT2D eigenvalue weighted by atomic mass is 9.96. The van der Waals surface area contributed by atoms with E-state index in [0.29, 0.717) is 18.4 Å². The Balaban J connectivity index is 2.16. The monoisotopic (exact) mass is 297 g/mol. The number of rotatable bonds is 1. The van der Waals surface area contributed by atoms with Gasteiger partial charge in [-0.25, -0.2) is 4.99 Å². The van der Waals surface area contributed by atoms with Gasteiger partial charge < -0.3 is 10.6 Å². The Morgan fingerprint density at radius 1 is 1.43 bits per heavy atom. The second-order valence-corrected chi connectivity index (χ2v) is 5.63. The van der Waals surface area contributed by atoms with E-state index in [1.807, 2.05) is 23.1 Å². The Kier molecular flexibility index (Phi) is 3.48. The van der Waals surface area contributed by atoms with Crippen LogP contribution in [0.2, 0.25) is 5.02 Å². The number of anilines is 1. The van der Waals surface area contributed by atoms with Gasteiger partial charge in [-0.2, -0.15) is 0 Å². The van der Waals surface area contributed by atoms with Gasteiger partial charge in [-0.15, -0.1) is 6.42 Å². The predicted molar refractivity (Wildman–Crippen MR) is 90.0 cm³/mol. The van der Waals surface area contributed by atoms with Crippen LogP contribution in [0.1, 0.15) is 18.4 Å². The van der Waals surface area contributed by atoms with Gasteiger partial charge in [-0.05, 0) is 23.1 Å². The molecule has 0 amide bonds. The summed E-state index contributed by atoms with van der Waals surface area (Å²) in [4.78, 5) is 6.24. The molecule has 3 rings (SSSR count). The van der Waals surface area contributed by atoms with Crippen LogP contribution in [0, 0.1) is 12.3 Å². The maximum Gasteiger partial charge on any atom is 0.196 e. The summed E-state index contributed by atoms with van der Waals surface area (Å²) in [5, 5.41) is 3.03. The number of nitrogens with zero attached hydrogens (tertiary/aromatic N) is 2. The largest absolute Gasteiger partial charge is 0.369 e. The van der Waals surface area contributed by atoms with Gasteiger partial charge in [0.05, 0.1) is 0 Å². The van der Waals surface area contributed by atoms with Crippen molar-refractivity contribution in [2.75, 3.05) is 18.0 Å². The highest BCUT2D eigenvalue weighted by Crippen LogP contribution is 2.42. The van der Waals surface area contributed by atoms with Crippen molar-refractivity contribution >= 4 is 34.0 Å². The van der Waals surface area contributed by atoms with Crippen LogP contribution in [-0.4, -0.2) is 19.0 Å². The van der Waals surface area contributed by atoms with Crippen molar-refractivity contribution in [3.8, 4) is 12.3 Å². The highest BCUT2D eigenvalue weighted by Gasteiger charge is 2.29. The fraction of sp³-hybridized carbons (Fsp3) is 0.235. The quantitative estimate of drug-likeness (QED) is 0.498. The van der Waals surface area contributed by atoms with Gasteiger partial charge in [0.1, 0.15) is 6.54 Å². The van der Waals surface area contributed by atoms with Crippen molar-refractivity contribution in [2.45, 2.75) is 12.8 Å². The second-order valence-electron chi connectivity index (χ2n) is 5.22. The predicted octanol–water partition coefficient (Wildman–Crippen LogP) is 3.36. The zero-order valence-corrected chi connectivity index (χ0v) is 12.6. The van der Waals surface area contributed by atoms with E-state index in [1.54, 1.807) is 0 Å². The number of terminal acetylenes is 1. The van der Waals surface area contributed by atoms with Crippen LogP contribution in [0.25, 0.3) is 10.8 Å². The average molecular weight is 298 g/mol. The molecule has 0 aromatic heterocycles. The van der Waals surface area contributed by atoms with E-state index >= 15 is 0 Å². The smallest absolute Gasteiger partial charge is 0.196 e. The normalized spacial score (nSPS) is 17.9. The molecule has 0 radical (unpaired) electrons. The van der Waals surface area contributed by atoms with E-state index in [4.69, 9.17) is 23.8 Å². The molecule has 0 bridgehead atoms. The van der Waals surface area contributed by atoms with E-state index in [-0.39, 0.29) is 0 Å². The number of aliphatic imine (C=N–C) groups is 1. The number of fused-ring (bicyclic) bond motifs is 3. The second kappa shape index (κ2) is 5.31. The molecule has 1 atom stereocenters. The van der Waals surface area contributed by atoms with Gasteiger partial charge in [0, 0.05) is 28.6 Å². The summed E-state index contributed by atoms with van der Waals surface area (Å²) in [7, 11) is 0. The molecule has 1 heterocycles. The van der Waals surface area contributed by atoms with Gasteiger partial charge >= 0.3 is 0 Å². The maximum absolute atomic E-state index is 6.29. The molecule has 2 aromatic carbocycles. The molecule has 106 valence electrons. The number of halogens is 1. The molecule has 4 heteroatoms. The minimum atomic E-state index is 0.297. The topological polar surface area (TPSA) is 41.6 Å². The summed E-state index contributed by atoms with van der Waals surface area (Å²) in [6.07, 6.45) is 5.24. The lowest BCUT2D eigenvalue weighted by molar-refractivity contribution is 0.823. The third kappa shape index (κ3) is 2.22. The van der Waals surface area contributed by atoms with Crippen LogP contribution in [0.3, 0.4) is 0 Å². The Hall–Kier alpha value is -2.18. The third-order valence-corrected chi connectivity index (χ3v) is 4.21. The fourth-order valence-corrected chi connectivity index (χ4v) is 3.21. The molecule has 3 nitrogen and oxygen atoms in total. The molecule has 0 spiro atoms.